The fourth-order valence-corrected chi connectivity index (χ4v) is 1.38. The number of nitrogens with zero attached hydrogens (tertiary/aromatic N) is 1. The summed E-state index contributed by atoms with van der Waals surface area (Å²) in [6.07, 6.45) is 5.33. The molecule has 76 valence electrons. The molecule has 1 aromatic carbocycles. The molecule has 3 nitrogen and oxygen atoms in total. The van der Waals surface area contributed by atoms with Gasteiger partial charge in [-0.15, -0.1) is 0 Å². The molecule has 0 aliphatic rings. The Morgan fingerprint density at radius 3 is 2.60 bits per heavy atom. The Morgan fingerprint density at radius 2 is 2.00 bits per heavy atom. The zero-order chi connectivity index (χ0) is 10.5. The van der Waals surface area contributed by atoms with Crippen molar-refractivity contribution in [2.24, 2.45) is 0 Å². The first-order valence-corrected chi connectivity index (χ1v) is 4.77. The molecule has 0 aliphatic carbocycles. The van der Waals surface area contributed by atoms with Crippen molar-refractivity contribution in [3.05, 3.63) is 48.2 Å². The number of hydrogen-bond acceptors (Lipinski definition) is 2. The Hall–Kier alpha value is -1.87. The van der Waals surface area contributed by atoms with Gasteiger partial charge in [0.2, 0.25) is 0 Å². The molecule has 2 N–H and O–H groups in total. The van der Waals surface area contributed by atoms with Crippen LogP contribution in [-0.2, 0) is 0 Å². The zero-order valence-corrected chi connectivity index (χ0v) is 8.22. The average molecular weight is 200 g/mol. The van der Waals surface area contributed by atoms with Gasteiger partial charge in [0, 0.05) is 6.20 Å². The molecule has 2 rings (SSSR count). The molecule has 0 fully saturated rings. The van der Waals surface area contributed by atoms with E-state index in [1.54, 1.807) is 12.3 Å². The second-order valence-electron chi connectivity index (χ2n) is 3.18. The smallest absolute Gasteiger partial charge is 0.0650 e. The Morgan fingerprint density at radius 1 is 1.20 bits per heavy atom. The molecule has 0 bridgehead atoms. The number of hydrogen-bond donors (Lipinski definition) is 2. The molecule has 15 heavy (non-hydrogen) atoms. The summed E-state index contributed by atoms with van der Waals surface area (Å²) in [4.78, 5) is 0. The third-order valence-corrected chi connectivity index (χ3v) is 2.14. The average Bonchev–Trinajstić information content (AvgIpc) is 2.80. The summed E-state index contributed by atoms with van der Waals surface area (Å²) in [7, 11) is 0. The van der Waals surface area contributed by atoms with Gasteiger partial charge in [-0.3, -0.25) is 5.10 Å². The highest BCUT2D eigenvalue weighted by atomic mass is 16.2. The van der Waals surface area contributed by atoms with E-state index in [2.05, 4.69) is 10.2 Å². The number of H-pyrrole nitrogens is 1. The fourth-order valence-electron chi connectivity index (χ4n) is 1.38. The van der Waals surface area contributed by atoms with E-state index in [0.29, 0.717) is 0 Å². The van der Waals surface area contributed by atoms with Crippen LogP contribution < -0.4 is 0 Å². The molecule has 0 saturated carbocycles. The van der Waals surface area contributed by atoms with Crippen LogP contribution in [0, 0.1) is 0 Å². The Balaban J connectivity index is 2.21. The van der Waals surface area contributed by atoms with Crippen LogP contribution in [0.3, 0.4) is 0 Å². The number of nitrogens with one attached hydrogen (secondary N) is 1. The van der Waals surface area contributed by atoms with Crippen molar-refractivity contribution < 1.29 is 5.11 Å². The molecule has 3 heteroatoms. The molecule has 2 aromatic rings. The van der Waals surface area contributed by atoms with E-state index in [1.165, 1.54) is 0 Å². The number of aromatic nitrogens is 2. The van der Waals surface area contributed by atoms with E-state index >= 15 is 0 Å². The first kappa shape index (κ1) is 9.68. The van der Waals surface area contributed by atoms with Gasteiger partial charge >= 0.3 is 0 Å². The number of aromatic amines is 1. The quantitative estimate of drug-likeness (QED) is 0.797. The highest BCUT2D eigenvalue weighted by Crippen LogP contribution is 2.16. The molecule has 0 atom stereocenters. The lowest BCUT2D eigenvalue weighted by Gasteiger charge is -1.98. The van der Waals surface area contributed by atoms with E-state index in [1.807, 2.05) is 36.4 Å². The highest BCUT2D eigenvalue weighted by molar-refractivity contribution is 5.61. The predicted octanol–water partition coefficient (Wildman–Crippen LogP) is 2.08. The van der Waals surface area contributed by atoms with E-state index in [0.717, 1.165) is 16.8 Å². The first-order valence-electron chi connectivity index (χ1n) is 4.77. The van der Waals surface area contributed by atoms with Gasteiger partial charge in [-0.2, -0.15) is 5.10 Å². The second-order valence-corrected chi connectivity index (χ2v) is 3.18. The van der Waals surface area contributed by atoms with Gasteiger partial charge in [-0.25, -0.2) is 0 Å². The Bertz CT molecular complexity index is 429. The normalized spacial score (nSPS) is 11.0. The van der Waals surface area contributed by atoms with Crippen molar-refractivity contribution in [2.45, 2.75) is 0 Å². The minimum absolute atomic E-state index is 0.0717. The van der Waals surface area contributed by atoms with Crippen LogP contribution in [0.2, 0.25) is 0 Å². The van der Waals surface area contributed by atoms with Crippen molar-refractivity contribution in [2.75, 3.05) is 6.61 Å². The lowest BCUT2D eigenvalue weighted by atomic mass is 10.1. The topological polar surface area (TPSA) is 48.9 Å². The van der Waals surface area contributed by atoms with Crippen LogP contribution in [0.5, 0.6) is 0 Å². The van der Waals surface area contributed by atoms with Crippen LogP contribution in [0.4, 0.5) is 0 Å². The molecule has 1 aromatic heterocycles. The summed E-state index contributed by atoms with van der Waals surface area (Å²) in [5.41, 5.74) is 3.19. The number of aliphatic hydroxyl groups excluding tert-OH is 1. The molecule has 0 radical (unpaired) electrons. The SMILES string of the molecule is OCC=Cc1ccc(-c2ccn[nH]2)cc1. The summed E-state index contributed by atoms with van der Waals surface area (Å²) in [5, 5.41) is 15.4. The van der Waals surface area contributed by atoms with Crippen LogP contribution in [0.1, 0.15) is 5.56 Å². The van der Waals surface area contributed by atoms with Gasteiger partial charge in [0.05, 0.1) is 12.3 Å². The van der Waals surface area contributed by atoms with Crippen molar-refractivity contribution in [3.8, 4) is 11.3 Å². The van der Waals surface area contributed by atoms with E-state index in [-0.39, 0.29) is 6.61 Å². The van der Waals surface area contributed by atoms with Gasteiger partial charge in [0.25, 0.3) is 0 Å². The standard InChI is InChI=1S/C12H12N2O/c15-9-1-2-10-3-5-11(6-4-10)12-7-8-13-14-12/h1-8,15H,9H2,(H,13,14). The maximum atomic E-state index is 8.63. The van der Waals surface area contributed by atoms with Crippen molar-refractivity contribution in [1.29, 1.82) is 0 Å². The molecule has 1 heterocycles. The Kier molecular flexibility index (Phi) is 2.95. The second kappa shape index (κ2) is 4.57. The molecule has 0 saturated heterocycles. The molecule has 0 aliphatic heterocycles. The van der Waals surface area contributed by atoms with Gasteiger partial charge in [0.1, 0.15) is 0 Å². The summed E-state index contributed by atoms with van der Waals surface area (Å²) in [6.45, 7) is 0.0717. The van der Waals surface area contributed by atoms with Crippen LogP contribution in [0.25, 0.3) is 17.3 Å². The molecular formula is C12H12N2O. The Labute approximate surface area is 88.1 Å². The van der Waals surface area contributed by atoms with Crippen LogP contribution in [-0.4, -0.2) is 21.9 Å². The van der Waals surface area contributed by atoms with Crippen LogP contribution in [0.15, 0.2) is 42.6 Å². The maximum absolute atomic E-state index is 8.63. The fraction of sp³-hybridized carbons (Fsp3) is 0.0833. The van der Waals surface area contributed by atoms with Crippen LogP contribution >= 0.6 is 0 Å². The van der Waals surface area contributed by atoms with Gasteiger partial charge in [0.15, 0.2) is 0 Å². The monoisotopic (exact) mass is 200 g/mol. The predicted molar refractivity (Wildman–Crippen MR) is 60.1 cm³/mol. The van der Waals surface area contributed by atoms with E-state index < -0.39 is 0 Å². The van der Waals surface area contributed by atoms with Crippen molar-refractivity contribution in [3.63, 3.8) is 0 Å². The van der Waals surface area contributed by atoms with Crippen molar-refractivity contribution in [1.82, 2.24) is 10.2 Å². The maximum Gasteiger partial charge on any atom is 0.0650 e. The van der Waals surface area contributed by atoms with Crippen molar-refractivity contribution >= 4 is 6.08 Å². The van der Waals surface area contributed by atoms with Gasteiger partial charge < -0.3 is 5.11 Å². The minimum atomic E-state index is 0.0717. The number of rotatable bonds is 3. The molecule has 0 spiro atoms. The molecule has 0 unspecified atom stereocenters. The first-order chi connectivity index (χ1) is 7.40. The third-order valence-electron chi connectivity index (χ3n) is 2.14. The lowest BCUT2D eigenvalue weighted by molar-refractivity contribution is 0.343. The number of benzene rings is 1. The highest BCUT2D eigenvalue weighted by Gasteiger charge is 1.96. The zero-order valence-electron chi connectivity index (χ0n) is 8.22. The lowest BCUT2D eigenvalue weighted by Crippen LogP contribution is -1.79. The summed E-state index contributed by atoms with van der Waals surface area (Å²) in [5.74, 6) is 0. The summed E-state index contributed by atoms with van der Waals surface area (Å²) < 4.78 is 0. The summed E-state index contributed by atoms with van der Waals surface area (Å²) >= 11 is 0. The largest absolute Gasteiger partial charge is 0.392 e. The van der Waals surface area contributed by atoms with E-state index in [4.69, 9.17) is 5.11 Å². The minimum Gasteiger partial charge on any atom is -0.392 e. The number of aliphatic hydroxyl groups is 1. The van der Waals surface area contributed by atoms with Gasteiger partial charge in [-0.05, 0) is 17.2 Å². The summed E-state index contributed by atoms with van der Waals surface area (Å²) in [6, 6.07) is 9.97. The third kappa shape index (κ3) is 2.33. The molecular weight excluding hydrogens is 188 g/mol. The van der Waals surface area contributed by atoms with E-state index in [9.17, 15) is 0 Å². The molecule has 0 amide bonds. The van der Waals surface area contributed by atoms with Gasteiger partial charge in [-0.1, -0.05) is 36.4 Å².